The van der Waals surface area contributed by atoms with E-state index < -0.39 is 0 Å². The molecule has 0 aliphatic carbocycles. The highest BCUT2D eigenvalue weighted by atomic mass is 127. The maximum absolute atomic E-state index is 13.4. The van der Waals surface area contributed by atoms with Crippen LogP contribution < -0.4 is 10.6 Å². The molecule has 0 spiro atoms. The second kappa shape index (κ2) is 12.9. The van der Waals surface area contributed by atoms with Crippen molar-refractivity contribution >= 4 is 40.8 Å². The molecule has 0 unspecified atom stereocenters. The molecule has 178 valence electrons. The van der Waals surface area contributed by atoms with Crippen molar-refractivity contribution in [1.29, 1.82) is 0 Å². The number of aromatic amines is 1. The van der Waals surface area contributed by atoms with E-state index in [1.165, 1.54) is 28.8 Å². The van der Waals surface area contributed by atoms with Crippen LogP contribution in [0.4, 0.5) is 4.39 Å². The molecule has 0 saturated carbocycles. The van der Waals surface area contributed by atoms with E-state index >= 15 is 0 Å². The Labute approximate surface area is 212 Å². The van der Waals surface area contributed by atoms with Crippen molar-refractivity contribution in [1.82, 2.24) is 20.5 Å². The minimum absolute atomic E-state index is 0. The molecule has 0 atom stereocenters. The zero-order valence-corrected chi connectivity index (χ0v) is 21.4. The zero-order valence-electron chi connectivity index (χ0n) is 19.1. The molecule has 2 aromatic carbocycles. The summed E-state index contributed by atoms with van der Waals surface area (Å²) >= 11 is 0. The number of H-pyrrole nitrogens is 1. The molecule has 33 heavy (non-hydrogen) atoms. The van der Waals surface area contributed by atoms with Crippen LogP contribution in [0.25, 0.3) is 10.9 Å². The number of rotatable bonds is 8. The second-order valence-electron chi connectivity index (χ2n) is 8.03. The Morgan fingerprint density at radius 2 is 1.88 bits per heavy atom. The maximum atomic E-state index is 13.4. The fraction of sp³-hybridized carbons (Fsp3) is 0.400. The molecule has 1 fully saturated rings. The van der Waals surface area contributed by atoms with Gasteiger partial charge in [0.05, 0.1) is 19.8 Å². The highest BCUT2D eigenvalue weighted by Gasteiger charge is 2.12. The van der Waals surface area contributed by atoms with Crippen LogP contribution in [-0.2, 0) is 24.2 Å². The number of morpholine rings is 1. The first-order chi connectivity index (χ1) is 15.7. The molecular formula is C25H33FIN5O. The smallest absolute Gasteiger partial charge is 0.191 e. The van der Waals surface area contributed by atoms with Crippen molar-refractivity contribution in [3.05, 3.63) is 71.2 Å². The molecule has 2 heterocycles. The summed E-state index contributed by atoms with van der Waals surface area (Å²) in [6, 6.07) is 13.4. The van der Waals surface area contributed by atoms with E-state index in [9.17, 15) is 4.39 Å². The maximum Gasteiger partial charge on any atom is 0.191 e. The summed E-state index contributed by atoms with van der Waals surface area (Å²) in [7, 11) is 0. The van der Waals surface area contributed by atoms with Gasteiger partial charge >= 0.3 is 0 Å². The van der Waals surface area contributed by atoms with Crippen LogP contribution in [0.2, 0.25) is 0 Å². The number of aromatic nitrogens is 1. The van der Waals surface area contributed by atoms with Gasteiger partial charge in [0.25, 0.3) is 0 Å². The summed E-state index contributed by atoms with van der Waals surface area (Å²) in [6.07, 6.45) is 2.78. The third-order valence-corrected chi connectivity index (χ3v) is 5.78. The molecule has 8 heteroatoms. The van der Waals surface area contributed by atoms with Gasteiger partial charge < -0.3 is 20.4 Å². The number of aliphatic imine (C=N–C) groups is 1. The lowest BCUT2D eigenvalue weighted by Crippen LogP contribution is -2.38. The van der Waals surface area contributed by atoms with Crippen molar-refractivity contribution in [2.45, 2.75) is 26.4 Å². The summed E-state index contributed by atoms with van der Waals surface area (Å²) in [5.74, 6) is 0.582. The molecule has 0 amide bonds. The number of guanidine groups is 1. The van der Waals surface area contributed by atoms with Crippen molar-refractivity contribution in [3.8, 4) is 0 Å². The number of fused-ring (bicyclic) bond motifs is 1. The number of nitrogens with zero attached hydrogens (tertiary/aromatic N) is 2. The molecule has 0 radical (unpaired) electrons. The van der Waals surface area contributed by atoms with Crippen molar-refractivity contribution in [2.24, 2.45) is 4.99 Å². The van der Waals surface area contributed by atoms with Crippen LogP contribution in [-0.4, -0.2) is 55.2 Å². The van der Waals surface area contributed by atoms with Crippen molar-refractivity contribution in [3.63, 3.8) is 0 Å². The number of hydrogen-bond donors (Lipinski definition) is 3. The first-order valence-electron chi connectivity index (χ1n) is 11.4. The van der Waals surface area contributed by atoms with Gasteiger partial charge in [-0.25, -0.2) is 9.38 Å². The fourth-order valence-electron chi connectivity index (χ4n) is 4.05. The van der Waals surface area contributed by atoms with Crippen molar-refractivity contribution < 1.29 is 9.13 Å². The number of hydrogen-bond acceptors (Lipinski definition) is 3. The molecule has 6 nitrogen and oxygen atoms in total. The molecule has 4 rings (SSSR count). The summed E-state index contributed by atoms with van der Waals surface area (Å²) < 4.78 is 18.9. The number of nitrogens with one attached hydrogen (secondary N) is 3. The minimum atomic E-state index is -0.223. The van der Waals surface area contributed by atoms with Crippen LogP contribution in [0.3, 0.4) is 0 Å². The van der Waals surface area contributed by atoms with E-state index in [1.807, 2.05) is 12.3 Å². The molecule has 1 aromatic heterocycles. The number of ether oxygens (including phenoxy) is 1. The average molecular weight is 565 g/mol. The molecular weight excluding hydrogens is 532 g/mol. The Morgan fingerprint density at radius 3 is 2.67 bits per heavy atom. The van der Waals surface area contributed by atoms with E-state index in [4.69, 9.17) is 9.73 Å². The lowest BCUT2D eigenvalue weighted by molar-refractivity contribution is 0.0341. The normalized spacial score (nSPS) is 14.8. The van der Waals surface area contributed by atoms with Gasteiger partial charge in [-0.05, 0) is 48.2 Å². The van der Waals surface area contributed by atoms with E-state index in [0.717, 1.165) is 69.2 Å². The first kappa shape index (κ1) is 25.5. The van der Waals surface area contributed by atoms with Crippen molar-refractivity contribution in [2.75, 3.05) is 39.4 Å². The van der Waals surface area contributed by atoms with E-state index in [-0.39, 0.29) is 29.8 Å². The average Bonchev–Trinajstić information content (AvgIpc) is 3.21. The van der Waals surface area contributed by atoms with Crippen LogP contribution in [0, 0.1) is 5.82 Å². The van der Waals surface area contributed by atoms with Gasteiger partial charge in [0.15, 0.2) is 5.96 Å². The topological polar surface area (TPSA) is 64.7 Å². The quantitative estimate of drug-likeness (QED) is 0.219. The monoisotopic (exact) mass is 565 g/mol. The minimum Gasteiger partial charge on any atom is -0.379 e. The lowest BCUT2D eigenvalue weighted by Gasteiger charge is -2.27. The highest BCUT2D eigenvalue weighted by Crippen LogP contribution is 2.19. The third-order valence-electron chi connectivity index (χ3n) is 5.78. The highest BCUT2D eigenvalue weighted by molar-refractivity contribution is 14.0. The summed E-state index contributed by atoms with van der Waals surface area (Å²) in [5.41, 5.74) is 4.56. The van der Waals surface area contributed by atoms with Crippen LogP contribution in [0.15, 0.2) is 53.7 Å². The molecule has 3 aromatic rings. The zero-order chi connectivity index (χ0) is 22.2. The SMILES string of the molecule is CCNC(=NCc1ccccc1CN1CCOCC1)NCCc1c[nH]c2cc(F)ccc12.I. The fourth-order valence-corrected chi connectivity index (χ4v) is 4.05. The Bertz CT molecular complexity index is 1050. The van der Waals surface area contributed by atoms with Crippen LogP contribution in [0.1, 0.15) is 23.6 Å². The van der Waals surface area contributed by atoms with E-state index in [2.05, 4.69) is 51.7 Å². The first-order valence-corrected chi connectivity index (χ1v) is 11.4. The Morgan fingerprint density at radius 1 is 1.09 bits per heavy atom. The molecule has 1 aliphatic heterocycles. The largest absolute Gasteiger partial charge is 0.379 e. The van der Waals surface area contributed by atoms with Crippen LogP contribution >= 0.6 is 24.0 Å². The van der Waals surface area contributed by atoms with E-state index in [1.54, 1.807) is 0 Å². The Hall–Kier alpha value is -2.17. The molecule has 1 saturated heterocycles. The third kappa shape index (κ3) is 7.15. The second-order valence-corrected chi connectivity index (χ2v) is 8.03. The molecule has 3 N–H and O–H groups in total. The number of halogens is 2. The van der Waals surface area contributed by atoms with Gasteiger partial charge in [-0.1, -0.05) is 24.3 Å². The summed E-state index contributed by atoms with van der Waals surface area (Å²) in [5, 5.41) is 7.83. The lowest BCUT2D eigenvalue weighted by atomic mass is 10.1. The van der Waals surface area contributed by atoms with Gasteiger partial charge in [-0.15, -0.1) is 24.0 Å². The Balaban J connectivity index is 0.00000306. The van der Waals surface area contributed by atoms with Gasteiger partial charge in [0, 0.05) is 49.8 Å². The summed E-state index contributed by atoms with van der Waals surface area (Å²) in [6.45, 7) is 8.73. The number of benzene rings is 2. The van der Waals surface area contributed by atoms with Gasteiger partial charge in [-0.2, -0.15) is 0 Å². The Kier molecular flexibility index (Phi) is 9.95. The predicted octanol–water partition coefficient (Wildman–Crippen LogP) is 4.06. The van der Waals surface area contributed by atoms with Gasteiger partial charge in [-0.3, -0.25) is 4.90 Å². The molecule has 1 aliphatic rings. The summed E-state index contributed by atoms with van der Waals surface area (Å²) in [4.78, 5) is 10.4. The molecule has 0 bridgehead atoms. The van der Waals surface area contributed by atoms with Crippen LogP contribution in [0.5, 0.6) is 0 Å². The standard InChI is InChI=1S/C25H32FN5O.HI/c1-2-27-25(28-10-9-20-17-29-24-15-22(26)7-8-23(20)24)30-16-19-5-3-4-6-21(19)18-31-11-13-32-14-12-31;/h3-8,15,17,29H,2,9-14,16,18H2,1H3,(H2,27,28,30);1H. The van der Waals surface area contributed by atoms with Gasteiger partial charge in [0.2, 0.25) is 0 Å². The predicted molar refractivity (Wildman–Crippen MR) is 143 cm³/mol. The van der Waals surface area contributed by atoms with Gasteiger partial charge in [0.1, 0.15) is 5.82 Å². The van der Waals surface area contributed by atoms with E-state index in [0.29, 0.717) is 6.54 Å².